The number of hydrogen-bond donors (Lipinski definition) is 0. The Morgan fingerprint density at radius 2 is 1.95 bits per heavy atom. The highest BCUT2D eigenvalue weighted by molar-refractivity contribution is 6.02. The van der Waals surface area contributed by atoms with E-state index in [0.29, 0.717) is 16.9 Å². The molecule has 106 valence electrons. The fourth-order valence-electron chi connectivity index (χ4n) is 2.18. The molecule has 0 bridgehead atoms. The van der Waals surface area contributed by atoms with E-state index in [1.54, 1.807) is 43.5 Å². The lowest BCUT2D eigenvalue weighted by molar-refractivity contribution is 0.0979. The van der Waals surface area contributed by atoms with Gasteiger partial charge in [0.25, 0.3) is 0 Å². The number of ether oxygens (including phenoxy) is 1. The van der Waals surface area contributed by atoms with Gasteiger partial charge in [0.15, 0.2) is 5.78 Å². The van der Waals surface area contributed by atoms with Crippen molar-refractivity contribution in [3.05, 3.63) is 65.2 Å². The van der Waals surface area contributed by atoms with Crippen LogP contribution in [0.3, 0.4) is 0 Å². The van der Waals surface area contributed by atoms with Crippen LogP contribution in [0.4, 0.5) is 0 Å². The van der Waals surface area contributed by atoms with Gasteiger partial charge in [0, 0.05) is 5.56 Å². The Hall–Kier alpha value is -2.60. The fraction of sp³-hybridized carbons (Fsp3) is 0.222. The van der Waals surface area contributed by atoms with Crippen LogP contribution in [0.5, 0.6) is 5.75 Å². The summed E-state index contributed by atoms with van der Waals surface area (Å²) >= 11 is 0. The Bertz CT molecular complexity index is 668. The van der Waals surface area contributed by atoms with Gasteiger partial charge in [-0.05, 0) is 29.7 Å². The van der Waals surface area contributed by atoms with Crippen molar-refractivity contribution in [2.24, 2.45) is 0 Å². The minimum Gasteiger partial charge on any atom is -0.497 e. The number of Topliss-reactive ketones (excluding diaryl/α,β-unsaturated/α-hetero) is 1. The lowest BCUT2D eigenvalue weighted by atomic mass is 9.91. The van der Waals surface area contributed by atoms with Crippen molar-refractivity contribution in [1.82, 2.24) is 0 Å². The SMILES string of the molecule is CCc1ccc(C(=O)C(C#N)c2cccc(OC)c2)cc1. The average Bonchev–Trinajstić information content (AvgIpc) is 2.55. The molecular formula is C18H17NO2. The summed E-state index contributed by atoms with van der Waals surface area (Å²) < 4.78 is 5.14. The third-order valence-electron chi connectivity index (χ3n) is 3.47. The lowest BCUT2D eigenvalue weighted by Crippen LogP contribution is -2.11. The minimum absolute atomic E-state index is 0.187. The van der Waals surface area contributed by atoms with Crippen LogP contribution < -0.4 is 4.74 Å². The molecule has 0 N–H and O–H groups in total. The second-order valence-corrected chi connectivity index (χ2v) is 4.75. The summed E-state index contributed by atoms with van der Waals surface area (Å²) in [4.78, 5) is 12.5. The molecule has 0 heterocycles. The molecule has 0 aliphatic carbocycles. The van der Waals surface area contributed by atoms with Gasteiger partial charge in [0.2, 0.25) is 0 Å². The Kier molecular flexibility index (Phi) is 4.73. The molecule has 21 heavy (non-hydrogen) atoms. The number of rotatable bonds is 5. The van der Waals surface area contributed by atoms with Crippen LogP contribution in [0.2, 0.25) is 0 Å². The molecule has 0 aliphatic rings. The second kappa shape index (κ2) is 6.71. The topological polar surface area (TPSA) is 50.1 Å². The maximum absolute atomic E-state index is 12.5. The largest absolute Gasteiger partial charge is 0.497 e. The zero-order chi connectivity index (χ0) is 15.2. The summed E-state index contributed by atoms with van der Waals surface area (Å²) in [6.45, 7) is 2.06. The van der Waals surface area contributed by atoms with E-state index >= 15 is 0 Å². The van der Waals surface area contributed by atoms with E-state index in [-0.39, 0.29) is 5.78 Å². The minimum atomic E-state index is -0.812. The van der Waals surface area contributed by atoms with E-state index in [1.165, 1.54) is 5.56 Å². The Balaban J connectivity index is 2.31. The Morgan fingerprint density at radius 1 is 1.24 bits per heavy atom. The van der Waals surface area contributed by atoms with Crippen molar-refractivity contribution in [3.63, 3.8) is 0 Å². The standard InChI is InChI=1S/C18H17NO2/c1-3-13-7-9-14(10-8-13)18(20)17(12-19)15-5-4-6-16(11-15)21-2/h4-11,17H,3H2,1-2H3. The number of methoxy groups -OCH3 is 1. The molecule has 0 spiro atoms. The molecule has 0 radical (unpaired) electrons. The molecule has 0 fully saturated rings. The summed E-state index contributed by atoms with van der Waals surface area (Å²) in [6.07, 6.45) is 0.923. The molecule has 0 saturated carbocycles. The van der Waals surface area contributed by atoms with Gasteiger partial charge in [0.1, 0.15) is 11.7 Å². The molecular weight excluding hydrogens is 262 g/mol. The zero-order valence-corrected chi connectivity index (χ0v) is 12.2. The Labute approximate surface area is 124 Å². The molecule has 2 aromatic rings. The molecule has 0 aliphatic heterocycles. The fourth-order valence-corrected chi connectivity index (χ4v) is 2.18. The van der Waals surface area contributed by atoms with E-state index in [0.717, 1.165) is 6.42 Å². The number of carbonyl (C=O) groups is 1. The van der Waals surface area contributed by atoms with Crippen LogP contribution in [0.15, 0.2) is 48.5 Å². The van der Waals surface area contributed by atoms with Gasteiger partial charge in [0.05, 0.1) is 13.2 Å². The number of benzene rings is 2. The first-order valence-corrected chi connectivity index (χ1v) is 6.86. The molecule has 0 amide bonds. The summed E-state index contributed by atoms with van der Waals surface area (Å²) in [5.74, 6) is -0.358. The van der Waals surface area contributed by atoms with E-state index in [9.17, 15) is 10.1 Å². The van der Waals surface area contributed by atoms with Gasteiger partial charge in [-0.1, -0.05) is 43.3 Å². The summed E-state index contributed by atoms with van der Waals surface area (Å²) in [6, 6.07) is 16.6. The number of aryl methyl sites for hydroxylation is 1. The first-order chi connectivity index (χ1) is 10.2. The predicted octanol–water partition coefficient (Wildman–Crippen LogP) is 3.75. The first kappa shape index (κ1) is 14.8. The first-order valence-electron chi connectivity index (χ1n) is 6.86. The van der Waals surface area contributed by atoms with E-state index in [4.69, 9.17) is 4.74 Å². The highest BCUT2D eigenvalue weighted by atomic mass is 16.5. The third kappa shape index (κ3) is 3.29. The zero-order valence-electron chi connectivity index (χ0n) is 12.2. The smallest absolute Gasteiger partial charge is 0.184 e. The van der Waals surface area contributed by atoms with E-state index in [2.05, 4.69) is 13.0 Å². The maximum Gasteiger partial charge on any atom is 0.184 e. The van der Waals surface area contributed by atoms with Gasteiger partial charge in [-0.2, -0.15) is 5.26 Å². The van der Waals surface area contributed by atoms with Crippen LogP contribution in [0.25, 0.3) is 0 Å². The van der Waals surface area contributed by atoms with Crippen LogP contribution in [-0.2, 0) is 6.42 Å². The van der Waals surface area contributed by atoms with Crippen molar-refractivity contribution < 1.29 is 9.53 Å². The monoisotopic (exact) mass is 279 g/mol. The van der Waals surface area contributed by atoms with Gasteiger partial charge in [-0.3, -0.25) is 4.79 Å². The highest BCUT2D eigenvalue weighted by Crippen LogP contribution is 2.24. The van der Waals surface area contributed by atoms with Crippen LogP contribution in [-0.4, -0.2) is 12.9 Å². The van der Waals surface area contributed by atoms with Crippen molar-refractivity contribution in [2.45, 2.75) is 19.3 Å². The number of hydrogen-bond acceptors (Lipinski definition) is 3. The quantitative estimate of drug-likeness (QED) is 0.783. The molecule has 1 atom stereocenters. The third-order valence-corrected chi connectivity index (χ3v) is 3.47. The van der Waals surface area contributed by atoms with Gasteiger partial charge >= 0.3 is 0 Å². The van der Waals surface area contributed by atoms with Gasteiger partial charge in [-0.15, -0.1) is 0 Å². The summed E-state index contributed by atoms with van der Waals surface area (Å²) in [5, 5.41) is 9.36. The van der Waals surface area contributed by atoms with Crippen LogP contribution in [0, 0.1) is 11.3 Å². The number of carbonyl (C=O) groups excluding carboxylic acids is 1. The van der Waals surface area contributed by atoms with Crippen molar-refractivity contribution in [1.29, 1.82) is 5.26 Å². The van der Waals surface area contributed by atoms with Crippen LogP contribution >= 0.6 is 0 Å². The van der Waals surface area contributed by atoms with Crippen molar-refractivity contribution in [2.75, 3.05) is 7.11 Å². The molecule has 2 aromatic carbocycles. The van der Waals surface area contributed by atoms with E-state index < -0.39 is 5.92 Å². The number of nitrogens with zero attached hydrogens (tertiary/aromatic N) is 1. The second-order valence-electron chi connectivity index (χ2n) is 4.75. The molecule has 3 nitrogen and oxygen atoms in total. The summed E-state index contributed by atoms with van der Waals surface area (Å²) in [7, 11) is 1.56. The molecule has 0 aromatic heterocycles. The highest BCUT2D eigenvalue weighted by Gasteiger charge is 2.22. The van der Waals surface area contributed by atoms with E-state index in [1.807, 2.05) is 12.1 Å². The van der Waals surface area contributed by atoms with Gasteiger partial charge < -0.3 is 4.74 Å². The average molecular weight is 279 g/mol. The molecule has 1 unspecified atom stereocenters. The lowest BCUT2D eigenvalue weighted by Gasteiger charge is -2.10. The number of nitriles is 1. The van der Waals surface area contributed by atoms with Crippen molar-refractivity contribution in [3.8, 4) is 11.8 Å². The maximum atomic E-state index is 12.5. The van der Waals surface area contributed by atoms with Crippen molar-refractivity contribution >= 4 is 5.78 Å². The van der Waals surface area contributed by atoms with Crippen LogP contribution in [0.1, 0.15) is 34.3 Å². The predicted molar refractivity (Wildman–Crippen MR) is 81.5 cm³/mol. The molecule has 0 saturated heterocycles. The molecule has 2 rings (SSSR count). The summed E-state index contributed by atoms with van der Waals surface area (Å²) in [5.41, 5.74) is 2.38. The number of ketones is 1. The molecule has 3 heteroatoms. The Morgan fingerprint density at radius 3 is 2.52 bits per heavy atom. The normalized spacial score (nSPS) is 11.5. The van der Waals surface area contributed by atoms with Gasteiger partial charge in [-0.25, -0.2) is 0 Å².